The van der Waals surface area contributed by atoms with Gasteiger partial charge in [0.25, 0.3) is 0 Å². The van der Waals surface area contributed by atoms with Crippen molar-refractivity contribution in [1.82, 2.24) is 14.9 Å². The van der Waals surface area contributed by atoms with Gasteiger partial charge in [0.15, 0.2) is 0 Å². The van der Waals surface area contributed by atoms with Crippen LogP contribution in [0.3, 0.4) is 0 Å². The van der Waals surface area contributed by atoms with Gasteiger partial charge >= 0.3 is 0 Å². The maximum absolute atomic E-state index is 10.6. The summed E-state index contributed by atoms with van der Waals surface area (Å²) in [7, 11) is 0. The summed E-state index contributed by atoms with van der Waals surface area (Å²) < 4.78 is 0. The lowest BCUT2D eigenvalue weighted by atomic mass is 10.0. The lowest BCUT2D eigenvalue weighted by molar-refractivity contribution is 0.109. The molecule has 0 aliphatic carbocycles. The predicted octanol–water partition coefficient (Wildman–Crippen LogP) is 3.00. The number of aliphatic hydroxyl groups is 1. The number of benzene rings is 2. The van der Waals surface area contributed by atoms with E-state index in [-0.39, 0.29) is 0 Å². The van der Waals surface area contributed by atoms with Crippen molar-refractivity contribution >= 4 is 5.95 Å². The average molecular weight is 360 g/mol. The lowest BCUT2D eigenvalue weighted by Gasteiger charge is -2.35. The Hall–Kier alpha value is -2.76. The van der Waals surface area contributed by atoms with Crippen LogP contribution in [-0.2, 0) is 0 Å². The third kappa shape index (κ3) is 4.32. The van der Waals surface area contributed by atoms with E-state index in [0.717, 1.165) is 37.7 Å². The Bertz CT molecular complexity index is 831. The van der Waals surface area contributed by atoms with Crippen LogP contribution in [-0.4, -0.2) is 52.7 Å². The third-order valence-corrected chi connectivity index (χ3v) is 5.04. The molecule has 5 heteroatoms. The normalized spacial score (nSPS) is 16.3. The topological polar surface area (TPSA) is 52.5 Å². The first kappa shape index (κ1) is 17.6. The molecule has 1 saturated heterocycles. The fourth-order valence-electron chi connectivity index (χ4n) is 3.46. The van der Waals surface area contributed by atoms with Crippen LogP contribution in [0, 0.1) is 0 Å². The Morgan fingerprint density at radius 2 is 1.41 bits per heavy atom. The largest absolute Gasteiger partial charge is 0.387 e. The molecule has 1 aliphatic rings. The molecule has 2 aromatic carbocycles. The van der Waals surface area contributed by atoms with E-state index in [0.29, 0.717) is 6.54 Å². The summed E-state index contributed by atoms with van der Waals surface area (Å²) >= 11 is 0. The Morgan fingerprint density at radius 3 is 2.07 bits per heavy atom. The van der Waals surface area contributed by atoms with Crippen molar-refractivity contribution < 1.29 is 5.11 Å². The Morgan fingerprint density at radius 1 is 0.778 bits per heavy atom. The van der Waals surface area contributed by atoms with Gasteiger partial charge in [-0.1, -0.05) is 54.6 Å². The monoisotopic (exact) mass is 360 g/mol. The summed E-state index contributed by atoms with van der Waals surface area (Å²) in [5, 5.41) is 10.6. The average Bonchev–Trinajstić information content (AvgIpc) is 2.76. The first-order chi connectivity index (χ1) is 13.3. The molecule has 0 unspecified atom stereocenters. The highest BCUT2D eigenvalue weighted by Crippen LogP contribution is 2.22. The summed E-state index contributed by atoms with van der Waals surface area (Å²) in [6.45, 7) is 4.20. The fourth-order valence-corrected chi connectivity index (χ4v) is 3.46. The van der Waals surface area contributed by atoms with Crippen molar-refractivity contribution in [2.45, 2.75) is 6.10 Å². The number of aromatic nitrogens is 2. The fraction of sp³-hybridized carbons (Fsp3) is 0.273. The number of piperazine rings is 1. The van der Waals surface area contributed by atoms with Gasteiger partial charge in [0.1, 0.15) is 0 Å². The minimum atomic E-state index is -0.477. The molecule has 0 amide bonds. The van der Waals surface area contributed by atoms with Crippen LogP contribution in [0.15, 0.2) is 73.1 Å². The molecule has 0 saturated carbocycles. The van der Waals surface area contributed by atoms with Crippen molar-refractivity contribution in [3.8, 4) is 11.1 Å². The predicted molar refractivity (Wildman–Crippen MR) is 108 cm³/mol. The van der Waals surface area contributed by atoms with Gasteiger partial charge in [-0.2, -0.15) is 0 Å². The third-order valence-electron chi connectivity index (χ3n) is 5.04. The highest BCUT2D eigenvalue weighted by atomic mass is 16.3. The second-order valence-corrected chi connectivity index (χ2v) is 6.84. The minimum absolute atomic E-state index is 0.477. The SMILES string of the molecule is O[C@@H](CN1CCN(c2ncccn2)CC1)c1ccc(-c2ccccc2)cc1. The Kier molecular flexibility index (Phi) is 5.42. The van der Waals surface area contributed by atoms with Crippen LogP contribution in [0.25, 0.3) is 11.1 Å². The molecule has 1 aliphatic heterocycles. The second-order valence-electron chi connectivity index (χ2n) is 6.84. The summed E-state index contributed by atoms with van der Waals surface area (Å²) in [6, 6.07) is 20.4. The van der Waals surface area contributed by atoms with E-state index in [4.69, 9.17) is 0 Å². The van der Waals surface area contributed by atoms with Gasteiger partial charge in [0.05, 0.1) is 6.10 Å². The molecule has 1 N–H and O–H groups in total. The van der Waals surface area contributed by atoms with E-state index >= 15 is 0 Å². The number of aliphatic hydroxyl groups excluding tert-OH is 1. The number of hydrogen-bond donors (Lipinski definition) is 1. The van der Waals surface area contributed by atoms with Crippen molar-refractivity contribution in [3.63, 3.8) is 0 Å². The first-order valence-electron chi connectivity index (χ1n) is 9.37. The number of anilines is 1. The Balaban J connectivity index is 1.32. The van der Waals surface area contributed by atoms with E-state index in [1.54, 1.807) is 12.4 Å². The molecule has 4 rings (SSSR count). The first-order valence-corrected chi connectivity index (χ1v) is 9.37. The van der Waals surface area contributed by atoms with Crippen molar-refractivity contribution in [3.05, 3.63) is 78.6 Å². The molecule has 0 bridgehead atoms. The molecule has 1 aromatic heterocycles. The van der Waals surface area contributed by atoms with Crippen LogP contribution in [0.2, 0.25) is 0 Å². The molecule has 0 radical (unpaired) electrons. The van der Waals surface area contributed by atoms with Crippen molar-refractivity contribution in [2.24, 2.45) is 0 Å². The number of nitrogens with zero attached hydrogens (tertiary/aromatic N) is 4. The molecule has 2 heterocycles. The maximum Gasteiger partial charge on any atom is 0.225 e. The molecule has 1 fully saturated rings. The summed E-state index contributed by atoms with van der Waals surface area (Å²) in [5.41, 5.74) is 3.32. The van der Waals surface area contributed by atoms with Gasteiger partial charge in [-0.25, -0.2) is 9.97 Å². The molecule has 0 spiro atoms. The van der Waals surface area contributed by atoms with Crippen LogP contribution < -0.4 is 4.90 Å². The van der Waals surface area contributed by atoms with Gasteiger partial charge in [-0.05, 0) is 22.8 Å². The standard InChI is InChI=1S/C22H24N4O/c27-21(20-9-7-19(8-10-20)18-5-2-1-3-6-18)17-25-13-15-26(16-14-25)22-23-11-4-12-24-22/h1-12,21,27H,13-17H2/t21-/m0/s1. The maximum atomic E-state index is 10.6. The summed E-state index contributed by atoms with van der Waals surface area (Å²) in [6.07, 6.45) is 3.07. The Labute approximate surface area is 159 Å². The molecule has 1 atom stereocenters. The molecular weight excluding hydrogens is 336 g/mol. The number of hydrogen-bond acceptors (Lipinski definition) is 5. The van der Waals surface area contributed by atoms with E-state index in [1.165, 1.54) is 11.1 Å². The molecule has 3 aromatic rings. The van der Waals surface area contributed by atoms with Crippen LogP contribution >= 0.6 is 0 Å². The van der Waals surface area contributed by atoms with Gasteiger partial charge < -0.3 is 10.0 Å². The second kappa shape index (κ2) is 8.29. The minimum Gasteiger partial charge on any atom is -0.387 e. The van der Waals surface area contributed by atoms with Gasteiger partial charge in [0, 0.05) is 45.1 Å². The van der Waals surface area contributed by atoms with Crippen molar-refractivity contribution in [1.29, 1.82) is 0 Å². The number of rotatable bonds is 5. The number of β-amino-alcohol motifs (C(OH)–C–C–N with tert-alkyl or cyclic N) is 1. The summed E-state index contributed by atoms with van der Waals surface area (Å²) in [4.78, 5) is 13.1. The highest BCUT2D eigenvalue weighted by molar-refractivity contribution is 5.63. The zero-order valence-corrected chi connectivity index (χ0v) is 15.3. The van der Waals surface area contributed by atoms with Gasteiger partial charge in [0.2, 0.25) is 5.95 Å². The molecular formula is C22H24N4O. The highest BCUT2D eigenvalue weighted by Gasteiger charge is 2.21. The van der Waals surface area contributed by atoms with Gasteiger partial charge in [-0.3, -0.25) is 4.90 Å². The van der Waals surface area contributed by atoms with Crippen LogP contribution in [0.4, 0.5) is 5.95 Å². The summed E-state index contributed by atoms with van der Waals surface area (Å²) in [5.74, 6) is 0.786. The van der Waals surface area contributed by atoms with E-state index in [2.05, 4.69) is 44.0 Å². The van der Waals surface area contributed by atoms with E-state index in [1.807, 2.05) is 36.4 Å². The van der Waals surface area contributed by atoms with Crippen LogP contribution in [0.5, 0.6) is 0 Å². The molecule has 27 heavy (non-hydrogen) atoms. The van der Waals surface area contributed by atoms with E-state index < -0.39 is 6.10 Å². The van der Waals surface area contributed by atoms with E-state index in [9.17, 15) is 5.11 Å². The zero-order valence-electron chi connectivity index (χ0n) is 15.3. The zero-order chi connectivity index (χ0) is 18.5. The van der Waals surface area contributed by atoms with Crippen LogP contribution in [0.1, 0.15) is 11.7 Å². The van der Waals surface area contributed by atoms with Crippen molar-refractivity contribution in [2.75, 3.05) is 37.6 Å². The molecule has 5 nitrogen and oxygen atoms in total. The smallest absolute Gasteiger partial charge is 0.225 e. The quantitative estimate of drug-likeness (QED) is 0.758. The molecule has 138 valence electrons. The lowest BCUT2D eigenvalue weighted by Crippen LogP contribution is -2.48. The van der Waals surface area contributed by atoms with Gasteiger partial charge in [-0.15, -0.1) is 0 Å².